The minimum Gasteiger partial charge on any atom is -0.381 e. The highest BCUT2D eigenvalue weighted by molar-refractivity contribution is 14.0. The average molecular weight is 560 g/mol. The first-order valence-corrected chi connectivity index (χ1v) is 11.9. The standard InChI is InChI=1S/C24H41N5O2.HI/c1-21(28-12-14-29(15-13-28)23-7-4-3-5-8-23)19-27-24(25-2)26-11-6-16-31-20-22-9-17-30-18-10-22;/h3-5,7-8,21-22H,6,9-20H2,1-2H3,(H2,25,26,27);1H. The van der Waals surface area contributed by atoms with E-state index < -0.39 is 0 Å². The summed E-state index contributed by atoms with van der Waals surface area (Å²) < 4.78 is 11.2. The number of aliphatic imine (C=N–C) groups is 1. The highest BCUT2D eigenvalue weighted by Crippen LogP contribution is 2.16. The van der Waals surface area contributed by atoms with Crippen LogP contribution < -0.4 is 15.5 Å². The zero-order chi connectivity index (χ0) is 21.7. The molecule has 1 aromatic carbocycles. The molecule has 3 rings (SSSR count). The normalized spacial score (nSPS) is 19.3. The van der Waals surface area contributed by atoms with Gasteiger partial charge in [-0.15, -0.1) is 24.0 Å². The molecule has 1 atom stereocenters. The first-order valence-electron chi connectivity index (χ1n) is 11.9. The van der Waals surface area contributed by atoms with Gasteiger partial charge in [0.25, 0.3) is 0 Å². The first kappa shape index (κ1) is 27.1. The topological polar surface area (TPSA) is 61.4 Å². The molecule has 2 heterocycles. The highest BCUT2D eigenvalue weighted by Gasteiger charge is 2.21. The number of ether oxygens (including phenoxy) is 2. The molecule has 2 aliphatic rings. The number of guanidine groups is 1. The van der Waals surface area contributed by atoms with Gasteiger partial charge in [-0.2, -0.15) is 0 Å². The second kappa shape index (κ2) is 15.7. The lowest BCUT2D eigenvalue weighted by atomic mass is 10.0. The quantitative estimate of drug-likeness (QED) is 0.199. The number of piperazine rings is 1. The Hall–Kier alpha value is -1.10. The fourth-order valence-corrected chi connectivity index (χ4v) is 4.20. The van der Waals surface area contributed by atoms with E-state index in [1.165, 1.54) is 5.69 Å². The van der Waals surface area contributed by atoms with Crippen LogP contribution in [0, 0.1) is 5.92 Å². The van der Waals surface area contributed by atoms with E-state index in [1.54, 1.807) is 0 Å². The highest BCUT2D eigenvalue weighted by atomic mass is 127. The molecule has 32 heavy (non-hydrogen) atoms. The molecule has 2 saturated heterocycles. The van der Waals surface area contributed by atoms with Gasteiger partial charge in [-0.05, 0) is 44.2 Å². The predicted molar refractivity (Wildman–Crippen MR) is 143 cm³/mol. The Bertz CT molecular complexity index is 635. The molecule has 1 unspecified atom stereocenters. The lowest BCUT2D eigenvalue weighted by Gasteiger charge is -2.39. The Morgan fingerprint density at radius 1 is 1.12 bits per heavy atom. The number of anilines is 1. The van der Waals surface area contributed by atoms with Crippen LogP contribution in [0.15, 0.2) is 35.3 Å². The molecule has 1 aromatic rings. The number of benzene rings is 1. The predicted octanol–water partition coefficient (Wildman–Crippen LogP) is 2.81. The summed E-state index contributed by atoms with van der Waals surface area (Å²) in [6.45, 7) is 11.8. The Kier molecular flexibility index (Phi) is 13.3. The molecule has 2 aliphatic heterocycles. The molecule has 0 bridgehead atoms. The minimum absolute atomic E-state index is 0. The van der Waals surface area contributed by atoms with Crippen LogP contribution >= 0.6 is 24.0 Å². The Morgan fingerprint density at radius 2 is 1.84 bits per heavy atom. The van der Waals surface area contributed by atoms with E-state index in [9.17, 15) is 0 Å². The Morgan fingerprint density at radius 3 is 2.53 bits per heavy atom. The van der Waals surface area contributed by atoms with Gasteiger partial charge >= 0.3 is 0 Å². The van der Waals surface area contributed by atoms with Gasteiger partial charge in [0.05, 0.1) is 0 Å². The molecule has 0 radical (unpaired) electrons. The zero-order valence-corrected chi connectivity index (χ0v) is 22.1. The largest absolute Gasteiger partial charge is 0.381 e. The molecule has 0 saturated carbocycles. The van der Waals surface area contributed by atoms with Crippen LogP contribution in [0.2, 0.25) is 0 Å². The maximum Gasteiger partial charge on any atom is 0.191 e. The van der Waals surface area contributed by atoms with Gasteiger partial charge < -0.3 is 25.0 Å². The minimum atomic E-state index is 0. The number of rotatable bonds is 10. The van der Waals surface area contributed by atoms with Crippen molar-refractivity contribution >= 4 is 35.6 Å². The molecule has 7 nitrogen and oxygen atoms in total. The molecule has 2 N–H and O–H groups in total. The number of halogens is 1. The van der Waals surface area contributed by atoms with Gasteiger partial charge in [-0.3, -0.25) is 9.89 Å². The summed E-state index contributed by atoms with van der Waals surface area (Å²) in [5.74, 6) is 1.55. The fourth-order valence-electron chi connectivity index (χ4n) is 4.20. The van der Waals surface area contributed by atoms with Crippen LogP contribution in [0.5, 0.6) is 0 Å². The maximum atomic E-state index is 5.84. The molecule has 182 valence electrons. The van der Waals surface area contributed by atoms with Crippen molar-refractivity contribution < 1.29 is 9.47 Å². The molecule has 0 amide bonds. The van der Waals surface area contributed by atoms with Gasteiger partial charge in [0.15, 0.2) is 5.96 Å². The molecular weight excluding hydrogens is 517 g/mol. The van der Waals surface area contributed by atoms with Crippen molar-refractivity contribution in [1.82, 2.24) is 15.5 Å². The van der Waals surface area contributed by atoms with E-state index in [0.717, 1.165) is 90.9 Å². The van der Waals surface area contributed by atoms with E-state index in [4.69, 9.17) is 9.47 Å². The molecule has 0 aliphatic carbocycles. The van der Waals surface area contributed by atoms with Gasteiger partial charge in [0.2, 0.25) is 0 Å². The van der Waals surface area contributed by atoms with Crippen LogP contribution in [-0.4, -0.2) is 89.6 Å². The molecule has 0 spiro atoms. The van der Waals surface area contributed by atoms with Crippen molar-refractivity contribution in [3.05, 3.63) is 30.3 Å². The van der Waals surface area contributed by atoms with Gasteiger partial charge in [0, 0.05) is 84.5 Å². The van der Waals surface area contributed by atoms with Crippen molar-refractivity contribution in [1.29, 1.82) is 0 Å². The smallest absolute Gasteiger partial charge is 0.191 e. The van der Waals surface area contributed by atoms with Crippen LogP contribution in [0.4, 0.5) is 5.69 Å². The number of nitrogens with one attached hydrogen (secondary N) is 2. The third-order valence-electron chi connectivity index (χ3n) is 6.30. The monoisotopic (exact) mass is 559 g/mol. The molecule has 0 aromatic heterocycles. The maximum absolute atomic E-state index is 5.84. The van der Waals surface area contributed by atoms with E-state index in [1.807, 2.05) is 7.05 Å². The van der Waals surface area contributed by atoms with E-state index in [-0.39, 0.29) is 24.0 Å². The fraction of sp³-hybridized carbons (Fsp3) is 0.708. The molecular formula is C24H42IN5O2. The summed E-state index contributed by atoms with van der Waals surface area (Å²) in [5, 5.41) is 6.89. The third kappa shape index (κ3) is 9.41. The Balaban J connectivity index is 0.00000363. The summed E-state index contributed by atoms with van der Waals surface area (Å²) in [6.07, 6.45) is 3.25. The van der Waals surface area contributed by atoms with Gasteiger partial charge in [-0.1, -0.05) is 18.2 Å². The number of para-hydroxylation sites is 1. The lowest BCUT2D eigenvalue weighted by molar-refractivity contribution is 0.0203. The van der Waals surface area contributed by atoms with Gasteiger partial charge in [-0.25, -0.2) is 0 Å². The number of nitrogens with zero attached hydrogens (tertiary/aromatic N) is 3. The summed E-state index contributed by atoms with van der Waals surface area (Å²) in [5.41, 5.74) is 1.33. The van der Waals surface area contributed by atoms with Crippen molar-refractivity contribution in [3.8, 4) is 0 Å². The van der Waals surface area contributed by atoms with Crippen molar-refractivity contribution in [3.63, 3.8) is 0 Å². The Labute approximate surface area is 211 Å². The van der Waals surface area contributed by atoms with Crippen molar-refractivity contribution in [2.75, 3.05) is 77.6 Å². The zero-order valence-electron chi connectivity index (χ0n) is 19.8. The summed E-state index contributed by atoms with van der Waals surface area (Å²) in [7, 11) is 1.83. The SMILES string of the molecule is CN=C(NCCCOCC1CCOCC1)NCC(C)N1CCN(c2ccccc2)CC1.I. The van der Waals surface area contributed by atoms with Crippen molar-refractivity contribution in [2.45, 2.75) is 32.2 Å². The molecule has 2 fully saturated rings. The van der Waals surface area contributed by atoms with Crippen LogP contribution in [0.3, 0.4) is 0 Å². The van der Waals surface area contributed by atoms with Crippen LogP contribution in [0.1, 0.15) is 26.2 Å². The lowest BCUT2D eigenvalue weighted by Crippen LogP contribution is -2.53. The van der Waals surface area contributed by atoms with Crippen LogP contribution in [-0.2, 0) is 9.47 Å². The van der Waals surface area contributed by atoms with E-state index in [2.05, 4.69) is 62.7 Å². The van der Waals surface area contributed by atoms with Crippen molar-refractivity contribution in [2.24, 2.45) is 10.9 Å². The molecule has 8 heteroatoms. The summed E-state index contributed by atoms with van der Waals surface area (Å²) in [6, 6.07) is 11.2. The third-order valence-corrected chi connectivity index (χ3v) is 6.30. The van der Waals surface area contributed by atoms with Gasteiger partial charge in [0.1, 0.15) is 0 Å². The number of hydrogen-bond donors (Lipinski definition) is 2. The van der Waals surface area contributed by atoms with E-state index in [0.29, 0.717) is 12.0 Å². The second-order valence-electron chi connectivity index (χ2n) is 8.57. The summed E-state index contributed by atoms with van der Waals surface area (Å²) >= 11 is 0. The second-order valence-corrected chi connectivity index (χ2v) is 8.57. The average Bonchev–Trinajstić information content (AvgIpc) is 2.84. The first-order chi connectivity index (χ1) is 15.3. The summed E-state index contributed by atoms with van der Waals surface area (Å²) in [4.78, 5) is 9.39. The van der Waals surface area contributed by atoms with Crippen LogP contribution in [0.25, 0.3) is 0 Å². The van der Waals surface area contributed by atoms with E-state index >= 15 is 0 Å². The number of hydrogen-bond acceptors (Lipinski definition) is 5.